The summed E-state index contributed by atoms with van der Waals surface area (Å²) in [6.07, 6.45) is 3.00. The van der Waals surface area contributed by atoms with E-state index in [9.17, 15) is 14.9 Å². The van der Waals surface area contributed by atoms with Crippen molar-refractivity contribution in [2.75, 3.05) is 17.7 Å². The van der Waals surface area contributed by atoms with Crippen molar-refractivity contribution in [3.05, 3.63) is 82.6 Å². The van der Waals surface area contributed by atoms with E-state index in [-0.39, 0.29) is 16.5 Å². The Labute approximate surface area is 191 Å². The van der Waals surface area contributed by atoms with Crippen molar-refractivity contribution in [2.24, 2.45) is 0 Å². The Hall–Kier alpha value is -3.89. The molecule has 0 spiro atoms. The number of ether oxygens (including phenoxy) is 1. The number of nitrogens with one attached hydrogen (secondary N) is 2. The van der Waals surface area contributed by atoms with E-state index in [1.807, 2.05) is 0 Å². The van der Waals surface area contributed by atoms with E-state index in [2.05, 4.69) is 21.7 Å². The number of nitrogens with zero attached hydrogens (tertiary/aromatic N) is 2. The summed E-state index contributed by atoms with van der Waals surface area (Å²) >= 11 is 6.21. The fourth-order valence-corrected chi connectivity index (χ4v) is 3.09. The zero-order chi connectivity index (χ0) is 23.3. The number of pyridine rings is 1. The van der Waals surface area contributed by atoms with Crippen LogP contribution in [0, 0.1) is 11.3 Å². The lowest BCUT2D eigenvalue weighted by Gasteiger charge is -2.16. The molecule has 32 heavy (non-hydrogen) atoms. The molecular weight excluding hydrogens is 428 g/mol. The molecule has 1 heterocycles. The molecule has 0 aliphatic heterocycles. The maximum absolute atomic E-state index is 12.8. The van der Waals surface area contributed by atoms with Gasteiger partial charge in [0.1, 0.15) is 5.75 Å². The molecular formula is C24H21ClN4O3. The predicted octanol–water partition coefficient (Wildman–Crippen LogP) is 5.05. The summed E-state index contributed by atoms with van der Waals surface area (Å²) in [6.45, 7) is 3.57. The van der Waals surface area contributed by atoms with E-state index in [1.54, 1.807) is 50.2 Å². The van der Waals surface area contributed by atoms with Crippen LogP contribution in [0.15, 0.2) is 60.9 Å². The maximum Gasteiger partial charge on any atom is 0.257 e. The van der Waals surface area contributed by atoms with Gasteiger partial charge in [0.15, 0.2) is 0 Å². The smallest absolute Gasteiger partial charge is 0.257 e. The molecule has 0 atom stereocenters. The zero-order valence-corrected chi connectivity index (χ0v) is 18.5. The molecule has 0 fully saturated rings. The maximum atomic E-state index is 12.8. The number of anilines is 2. The fraction of sp³-hybridized carbons (Fsp3) is 0.167. The molecule has 2 amide bonds. The van der Waals surface area contributed by atoms with Crippen molar-refractivity contribution in [1.82, 2.24) is 4.98 Å². The van der Waals surface area contributed by atoms with Gasteiger partial charge in [0.05, 0.1) is 47.3 Å². The molecule has 2 aromatic carbocycles. The van der Waals surface area contributed by atoms with Crippen LogP contribution in [-0.2, 0) is 5.41 Å². The van der Waals surface area contributed by atoms with Crippen LogP contribution >= 0.6 is 11.6 Å². The minimum Gasteiger partial charge on any atom is -0.495 e. The Kier molecular flexibility index (Phi) is 6.76. The minimum atomic E-state index is -0.725. The minimum absolute atomic E-state index is 0.187. The first kappa shape index (κ1) is 22.8. The van der Waals surface area contributed by atoms with Crippen molar-refractivity contribution < 1.29 is 14.3 Å². The molecule has 0 radical (unpaired) electrons. The summed E-state index contributed by atoms with van der Waals surface area (Å²) in [5.74, 6) is -0.332. The number of hydrogen-bond donors (Lipinski definition) is 2. The van der Waals surface area contributed by atoms with Gasteiger partial charge in [-0.3, -0.25) is 14.6 Å². The number of rotatable bonds is 6. The summed E-state index contributed by atoms with van der Waals surface area (Å²) in [7, 11) is 1.50. The summed E-state index contributed by atoms with van der Waals surface area (Å²) < 4.78 is 5.10. The SMILES string of the molecule is COc1cncc(NC(=O)c2cc(NC(=O)c3cccc(C(C)(C)C#N)c3)ccc2Cl)c1. The quantitative estimate of drug-likeness (QED) is 0.549. The average molecular weight is 449 g/mol. The second kappa shape index (κ2) is 9.50. The topological polar surface area (TPSA) is 104 Å². The summed E-state index contributed by atoms with van der Waals surface area (Å²) in [6, 6.07) is 15.3. The first-order valence-corrected chi connectivity index (χ1v) is 10.0. The van der Waals surface area contributed by atoms with Crippen LogP contribution < -0.4 is 15.4 Å². The monoisotopic (exact) mass is 448 g/mol. The number of methoxy groups -OCH3 is 1. The third kappa shape index (κ3) is 5.23. The molecule has 0 saturated heterocycles. The highest BCUT2D eigenvalue weighted by Crippen LogP contribution is 2.25. The first-order chi connectivity index (χ1) is 15.2. The van der Waals surface area contributed by atoms with E-state index in [1.165, 1.54) is 31.6 Å². The van der Waals surface area contributed by atoms with Gasteiger partial charge in [-0.1, -0.05) is 23.7 Å². The average Bonchev–Trinajstić information content (AvgIpc) is 2.80. The van der Waals surface area contributed by atoms with E-state index >= 15 is 0 Å². The molecule has 0 bridgehead atoms. The van der Waals surface area contributed by atoms with Gasteiger partial charge >= 0.3 is 0 Å². The lowest BCUT2D eigenvalue weighted by Crippen LogP contribution is -2.17. The fourth-order valence-electron chi connectivity index (χ4n) is 2.89. The van der Waals surface area contributed by atoms with E-state index in [0.29, 0.717) is 22.7 Å². The molecule has 0 saturated carbocycles. The highest BCUT2D eigenvalue weighted by Gasteiger charge is 2.21. The van der Waals surface area contributed by atoms with Crippen LogP contribution in [0.3, 0.4) is 0 Å². The van der Waals surface area contributed by atoms with Crippen molar-refractivity contribution in [3.8, 4) is 11.8 Å². The Bertz CT molecular complexity index is 1220. The second-order valence-corrected chi connectivity index (χ2v) is 7.94. The number of amides is 2. The van der Waals surface area contributed by atoms with E-state index in [0.717, 1.165) is 5.56 Å². The molecule has 2 N–H and O–H groups in total. The highest BCUT2D eigenvalue weighted by atomic mass is 35.5. The molecule has 3 aromatic rings. The normalized spacial score (nSPS) is 10.7. The number of hydrogen-bond acceptors (Lipinski definition) is 5. The van der Waals surface area contributed by atoms with Crippen LogP contribution in [-0.4, -0.2) is 23.9 Å². The molecule has 0 unspecified atom stereocenters. The molecule has 7 nitrogen and oxygen atoms in total. The van der Waals surface area contributed by atoms with Gasteiger partial charge in [0.2, 0.25) is 0 Å². The summed E-state index contributed by atoms with van der Waals surface area (Å²) in [4.78, 5) is 29.5. The third-order valence-corrected chi connectivity index (χ3v) is 5.13. The van der Waals surface area contributed by atoms with Crippen LogP contribution in [0.25, 0.3) is 0 Å². The van der Waals surface area contributed by atoms with Crippen LogP contribution in [0.4, 0.5) is 11.4 Å². The van der Waals surface area contributed by atoms with Crippen molar-refractivity contribution in [2.45, 2.75) is 19.3 Å². The number of benzene rings is 2. The van der Waals surface area contributed by atoms with Gasteiger partial charge in [0.25, 0.3) is 11.8 Å². The first-order valence-electron chi connectivity index (χ1n) is 9.66. The van der Waals surface area contributed by atoms with Crippen molar-refractivity contribution in [3.63, 3.8) is 0 Å². The molecule has 162 valence electrons. The Morgan fingerprint density at radius 1 is 1.03 bits per heavy atom. The van der Waals surface area contributed by atoms with Crippen molar-refractivity contribution in [1.29, 1.82) is 5.26 Å². The number of aromatic nitrogens is 1. The number of carbonyl (C=O) groups is 2. The molecule has 8 heteroatoms. The van der Waals surface area contributed by atoms with Crippen LogP contribution in [0.1, 0.15) is 40.1 Å². The number of halogens is 1. The molecule has 0 aliphatic carbocycles. The van der Waals surface area contributed by atoms with E-state index in [4.69, 9.17) is 16.3 Å². The van der Waals surface area contributed by atoms with Crippen LogP contribution in [0.5, 0.6) is 5.75 Å². The van der Waals surface area contributed by atoms with Crippen molar-refractivity contribution >= 4 is 34.8 Å². The summed E-state index contributed by atoms with van der Waals surface area (Å²) in [5.41, 5.74) is 1.43. The van der Waals surface area contributed by atoms with Gasteiger partial charge in [-0.2, -0.15) is 5.26 Å². The lowest BCUT2D eigenvalue weighted by atomic mass is 9.85. The third-order valence-electron chi connectivity index (χ3n) is 4.80. The largest absolute Gasteiger partial charge is 0.495 e. The second-order valence-electron chi connectivity index (χ2n) is 7.53. The van der Waals surface area contributed by atoms with Gasteiger partial charge in [-0.05, 0) is 49.7 Å². The van der Waals surface area contributed by atoms with E-state index < -0.39 is 11.3 Å². The summed E-state index contributed by atoms with van der Waals surface area (Å²) in [5, 5.41) is 15.0. The molecule has 1 aromatic heterocycles. The van der Waals surface area contributed by atoms with Gasteiger partial charge in [0, 0.05) is 17.3 Å². The lowest BCUT2D eigenvalue weighted by molar-refractivity contribution is 0.101. The number of nitriles is 1. The van der Waals surface area contributed by atoms with Gasteiger partial charge in [-0.25, -0.2) is 0 Å². The molecule has 3 rings (SSSR count). The van der Waals surface area contributed by atoms with Gasteiger partial charge < -0.3 is 15.4 Å². The Balaban J connectivity index is 1.80. The predicted molar refractivity (Wildman–Crippen MR) is 123 cm³/mol. The Morgan fingerprint density at radius 3 is 2.50 bits per heavy atom. The van der Waals surface area contributed by atoms with Crippen LogP contribution in [0.2, 0.25) is 5.02 Å². The zero-order valence-electron chi connectivity index (χ0n) is 17.8. The highest BCUT2D eigenvalue weighted by molar-refractivity contribution is 6.34. The molecule has 0 aliphatic rings. The number of carbonyl (C=O) groups excluding carboxylic acids is 2. The standard InChI is InChI=1S/C24H21ClN4O3/c1-24(2,14-26)16-6-4-5-15(9-16)22(30)28-17-7-8-21(25)20(11-17)23(31)29-18-10-19(32-3)13-27-12-18/h4-13H,1-3H3,(H,28,30)(H,29,31). The van der Waals surface area contributed by atoms with Gasteiger partial charge in [-0.15, -0.1) is 0 Å². The Morgan fingerprint density at radius 2 is 1.78 bits per heavy atom.